The summed E-state index contributed by atoms with van der Waals surface area (Å²) < 4.78 is 5.51. The van der Waals surface area contributed by atoms with Gasteiger partial charge in [-0.05, 0) is 18.4 Å². The Morgan fingerprint density at radius 3 is 2.60 bits per heavy atom. The average molecular weight is 271 g/mol. The van der Waals surface area contributed by atoms with Crippen molar-refractivity contribution in [2.24, 2.45) is 5.92 Å². The average Bonchev–Trinajstić information content (AvgIpc) is 2.88. The van der Waals surface area contributed by atoms with Crippen molar-refractivity contribution >= 4 is 5.97 Å². The zero-order chi connectivity index (χ0) is 13.8. The zero-order valence-corrected chi connectivity index (χ0v) is 11.7. The first-order chi connectivity index (χ1) is 9.83. The largest absolute Gasteiger partial charge is 0.452 e. The molecule has 20 heavy (non-hydrogen) atoms. The Morgan fingerprint density at radius 1 is 1.10 bits per heavy atom. The summed E-state index contributed by atoms with van der Waals surface area (Å²) in [7, 11) is 0. The molecule has 1 aromatic carbocycles. The standard InChI is InChI=1S/C17H21NO2/c19-16-11-15(18-12-13-7-3-1-4-8-13)17(20-16)14-9-5-2-6-10-14/h1,3-4,7-8,11,14,17-18H,2,5-6,9-10,12H2/t17-/m1/s1. The van der Waals surface area contributed by atoms with Gasteiger partial charge in [-0.3, -0.25) is 0 Å². The highest BCUT2D eigenvalue weighted by molar-refractivity contribution is 5.85. The maximum absolute atomic E-state index is 11.6. The Labute approximate surface area is 120 Å². The van der Waals surface area contributed by atoms with E-state index in [1.165, 1.54) is 37.7 Å². The molecule has 0 amide bonds. The fourth-order valence-electron chi connectivity index (χ4n) is 3.17. The molecule has 1 aromatic rings. The van der Waals surface area contributed by atoms with Gasteiger partial charge >= 0.3 is 5.97 Å². The van der Waals surface area contributed by atoms with Crippen LogP contribution in [0.4, 0.5) is 0 Å². The molecule has 0 bridgehead atoms. The first-order valence-corrected chi connectivity index (χ1v) is 7.53. The summed E-state index contributed by atoms with van der Waals surface area (Å²) in [5.41, 5.74) is 2.18. The Balaban J connectivity index is 1.63. The van der Waals surface area contributed by atoms with Crippen LogP contribution >= 0.6 is 0 Å². The molecule has 3 nitrogen and oxygen atoms in total. The van der Waals surface area contributed by atoms with Crippen LogP contribution in [-0.4, -0.2) is 12.1 Å². The van der Waals surface area contributed by atoms with Gasteiger partial charge in [-0.2, -0.15) is 0 Å². The summed E-state index contributed by atoms with van der Waals surface area (Å²) in [5, 5.41) is 3.39. The molecule has 0 radical (unpaired) electrons. The van der Waals surface area contributed by atoms with Crippen molar-refractivity contribution < 1.29 is 9.53 Å². The summed E-state index contributed by atoms with van der Waals surface area (Å²) in [4.78, 5) is 11.6. The molecular weight excluding hydrogens is 250 g/mol. The Kier molecular flexibility index (Phi) is 4.05. The lowest BCUT2D eigenvalue weighted by Gasteiger charge is -2.28. The minimum Gasteiger partial charge on any atom is -0.452 e. The van der Waals surface area contributed by atoms with Crippen molar-refractivity contribution in [3.05, 3.63) is 47.7 Å². The van der Waals surface area contributed by atoms with Crippen LogP contribution in [0.5, 0.6) is 0 Å². The van der Waals surface area contributed by atoms with Gasteiger partial charge in [0.25, 0.3) is 0 Å². The number of carbonyl (C=O) groups excluding carboxylic acids is 1. The topological polar surface area (TPSA) is 38.3 Å². The fraction of sp³-hybridized carbons (Fsp3) is 0.471. The lowest BCUT2D eigenvalue weighted by Crippen LogP contribution is -2.31. The molecule has 3 rings (SSSR count). The van der Waals surface area contributed by atoms with Crippen molar-refractivity contribution in [3.63, 3.8) is 0 Å². The Bertz CT molecular complexity index is 489. The van der Waals surface area contributed by atoms with Gasteiger partial charge in [-0.15, -0.1) is 0 Å². The van der Waals surface area contributed by atoms with E-state index in [4.69, 9.17) is 4.74 Å². The number of ether oxygens (including phenoxy) is 1. The highest BCUT2D eigenvalue weighted by Crippen LogP contribution is 2.33. The normalized spacial score (nSPS) is 23.3. The second kappa shape index (κ2) is 6.12. The number of rotatable bonds is 4. The van der Waals surface area contributed by atoms with Gasteiger partial charge < -0.3 is 10.1 Å². The van der Waals surface area contributed by atoms with Crippen LogP contribution < -0.4 is 5.32 Å². The number of nitrogens with one attached hydrogen (secondary N) is 1. The number of carbonyl (C=O) groups is 1. The van der Waals surface area contributed by atoms with E-state index >= 15 is 0 Å². The second-order valence-corrected chi connectivity index (χ2v) is 5.69. The van der Waals surface area contributed by atoms with Crippen LogP contribution in [0.15, 0.2) is 42.1 Å². The van der Waals surface area contributed by atoms with Crippen LogP contribution in [-0.2, 0) is 16.1 Å². The molecule has 1 heterocycles. The van der Waals surface area contributed by atoms with Gasteiger partial charge in [-0.25, -0.2) is 4.79 Å². The predicted molar refractivity (Wildman–Crippen MR) is 77.8 cm³/mol. The third-order valence-electron chi connectivity index (χ3n) is 4.24. The third kappa shape index (κ3) is 3.03. The van der Waals surface area contributed by atoms with Crippen molar-refractivity contribution in [1.82, 2.24) is 5.32 Å². The van der Waals surface area contributed by atoms with Crippen molar-refractivity contribution in [1.29, 1.82) is 0 Å². The van der Waals surface area contributed by atoms with E-state index in [1.54, 1.807) is 6.08 Å². The van der Waals surface area contributed by atoms with Gasteiger partial charge in [0, 0.05) is 18.5 Å². The Morgan fingerprint density at radius 2 is 1.85 bits per heavy atom. The highest BCUT2D eigenvalue weighted by Gasteiger charge is 2.34. The molecule has 2 aliphatic rings. The smallest absolute Gasteiger partial charge is 0.333 e. The number of hydrogen-bond donors (Lipinski definition) is 1. The van der Waals surface area contributed by atoms with Gasteiger partial charge in [0.1, 0.15) is 6.10 Å². The van der Waals surface area contributed by atoms with Crippen molar-refractivity contribution in [3.8, 4) is 0 Å². The molecule has 1 aliphatic carbocycles. The molecule has 1 aliphatic heterocycles. The monoisotopic (exact) mass is 271 g/mol. The van der Waals surface area contributed by atoms with E-state index in [2.05, 4.69) is 17.4 Å². The van der Waals surface area contributed by atoms with Gasteiger partial charge in [0.2, 0.25) is 0 Å². The van der Waals surface area contributed by atoms with Gasteiger partial charge in [0.05, 0.1) is 5.70 Å². The van der Waals surface area contributed by atoms with Crippen LogP contribution in [0, 0.1) is 5.92 Å². The summed E-state index contributed by atoms with van der Waals surface area (Å²) in [6.45, 7) is 0.743. The van der Waals surface area contributed by atoms with E-state index in [0.29, 0.717) is 5.92 Å². The maximum Gasteiger partial charge on any atom is 0.333 e. The SMILES string of the molecule is O=C1C=C(NCc2ccccc2)[C@@H](C2CCCCC2)O1. The number of benzene rings is 1. The minimum atomic E-state index is -0.198. The molecule has 106 valence electrons. The number of esters is 1. The first kappa shape index (κ1) is 13.2. The van der Waals surface area contributed by atoms with Crippen LogP contribution in [0.1, 0.15) is 37.7 Å². The van der Waals surface area contributed by atoms with Crippen LogP contribution in [0.25, 0.3) is 0 Å². The maximum atomic E-state index is 11.6. The van der Waals surface area contributed by atoms with Crippen molar-refractivity contribution in [2.75, 3.05) is 0 Å². The summed E-state index contributed by atoms with van der Waals surface area (Å²) in [5.74, 6) is 0.292. The zero-order valence-electron chi connectivity index (χ0n) is 11.7. The molecular formula is C17H21NO2. The predicted octanol–water partition coefficient (Wildman–Crippen LogP) is 3.17. The third-order valence-corrected chi connectivity index (χ3v) is 4.24. The van der Waals surface area contributed by atoms with E-state index in [9.17, 15) is 4.79 Å². The molecule has 0 spiro atoms. The number of hydrogen-bond acceptors (Lipinski definition) is 3. The quantitative estimate of drug-likeness (QED) is 0.855. The lowest BCUT2D eigenvalue weighted by atomic mass is 9.84. The second-order valence-electron chi connectivity index (χ2n) is 5.69. The molecule has 1 atom stereocenters. The summed E-state index contributed by atoms with van der Waals surface area (Å²) in [6, 6.07) is 10.2. The molecule has 3 heteroatoms. The summed E-state index contributed by atoms with van der Waals surface area (Å²) >= 11 is 0. The van der Waals surface area contributed by atoms with Gasteiger partial charge in [0.15, 0.2) is 0 Å². The molecule has 0 saturated heterocycles. The highest BCUT2D eigenvalue weighted by atomic mass is 16.5. The molecule has 1 saturated carbocycles. The van der Waals surface area contributed by atoms with E-state index in [1.807, 2.05) is 18.2 Å². The fourth-order valence-corrected chi connectivity index (χ4v) is 3.17. The molecule has 1 N–H and O–H groups in total. The van der Waals surface area contributed by atoms with Crippen LogP contribution in [0.3, 0.4) is 0 Å². The molecule has 0 unspecified atom stereocenters. The first-order valence-electron chi connectivity index (χ1n) is 7.53. The molecule has 0 aromatic heterocycles. The van der Waals surface area contributed by atoms with Crippen LogP contribution in [0.2, 0.25) is 0 Å². The van der Waals surface area contributed by atoms with E-state index in [-0.39, 0.29) is 12.1 Å². The van der Waals surface area contributed by atoms with E-state index < -0.39 is 0 Å². The van der Waals surface area contributed by atoms with E-state index in [0.717, 1.165) is 12.2 Å². The summed E-state index contributed by atoms with van der Waals surface area (Å²) in [6.07, 6.45) is 7.74. The van der Waals surface area contributed by atoms with Crippen molar-refractivity contribution in [2.45, 2.75) is 44.8 Å². The minimum absolute atomic E-state index is 0.0495. The lowest BCUT2D eigenvalue weighted by molar-refractivity contribution is -0.141. The van der Waals surface area contributed by atoms with Gasteiger partial charge in [-0.1, -0.05) is 49.6 Å². The number of cyclic esters (lactones) is 1. The molecule has 1 fully saturated rings. The Hall–Kier alpha value is -1.77.